The maximum atomic E-state index is 3.73. The second-order valence-corrected chi connectivity index (χ2v) is 4.96. The van der Waals surface area contributed by atoms with Gasteiger partial charge >= 0.3 is 0 Å². The van der Waals surface area contributed by atoms with Crippen LogP contribution < -0.4 is 5.32 Å². The van der Waals surface area contributed by atoms with Crippen molar-refractivity contribution in [1.82, 2.24) is 5.32 Å². The van der Waals surface area contributed by atoms with Gasteiger partial charge in [-0.3, -0.25) is 0 Å². The van der Waals surface area contributed by atoms with Crippen molar-refractivity contribution in [3.8, 4) is 0 Å². The summed E-state index contributed by atoms with van der Waals surface area (Å²) in [5, 5.41) is 3.73. The minimum Gasteiger partial charge on any atom is -0.311 e. The number of rotatable bonds is 0. The molecule has 3 atom stereocenters. The Morgan fingerprint density at radius 1 is 1.25 bits per heavy atom. The number of hydrogen-bond donors (Lipinski definition) is 1. The van der Waals surface area contributed by atoms with E-state index in [-0.39, 0.29) is 0 Å². The Labute approximate surface area is 75.9 Å². The lowest BCUT2D eigenvalue weighted by atomic mass is 9.65. The second-order valence-electron chi connectivity index (χ2n) is 4.96. The molecule has 2 rings (SSSR count). The van der Waals surface area contributed by atoms with E-state index in [2.05, 4.69) is 19.2 Å². The maximum absolute atomic E-state index is 3.73. The van der Waals surface area contributed by atoms with Gasteiger partial charge < -0.3 is 5.32 Å². The summed E-state index contributed by atoms with van der Waals surface area (Å²) >= 11 is 0. The van der Waals surface area contributed by atoms with Crippen LogP contribution in [0.15, 0.2) is 0 Å². The van der Waals surface area contributed by atoms with Gasteiger partial charge in [-0.2, -0.15) is 0 Å². The molecule has 70 valence electrons. The Bertz CT molecular complexity index is 162. The highest BCUT2D eigenvalue weighted by Crippen LogP contribution is 2.41. The molecule has 1 saturated carbocycles. The van der Waals surface area contributed by atoms with Gasteiger partial charge in [0.1, 0.15) is 0 Å². The van der Waals surface area contributed by atoms with Crippen molar-refractivity contribution in [3.63, 3.8) is 0 Å². The Kier molecular flexibility index (Phi) is 2.16. The molecule has 12 heavy (non-hydrogen) atoms. The molecule has 1 aliphatic carbocycles. The van der Waals surface area contributed by atoms with E-state index >= 15 is 0 Å². The predicted octanol–water partition coefficient (Wildman–Crippen LogP) is 2.56. The van der Waals surface area contributed by atoms with Gasteiger partial charge in [-0.25, -0.2) is 0 Å². The van der Waals surface area contributed by atoms with Crippen LogP contribution in [0.3, 0.4) is 0 Å². The molecular formula is C11H21N. The third-order valence-corrected chi connectivity index (χ3v) is 4.10. The molecule has 1 aliphatic heterocycles. The molecule has 0 amide bonds. The topological polar surface area (TPSA) is 12.0 Å². The van der Waals surface area contributed by atoms with E-state index in [0.29, 0.717) is 5.54 Å². The van der Waals surface area contributed by atoms with Crippen LogP contribution in [0.1, 0.15) is 46.0 Å². The normalized spacial score (nSPS) is 48.5. The second kappa shape index (κ2) is 3.02. The lowest BCUT2D eigenvalue weighted by Gasteiger charge is -2.49. The van der Waals surface area contributed by atoms with E-state index < -0.39 is 0 Å². The highest BCUT2D eigenvalue weighted by atomic mass is 15.0. The van der Waals surface area contributed by atoms with Crippen LogP contribution in [0.2, 0.25) is 0 Å². The average molecular weight is 167 g/mol. The van der Waals surface area contributed by atoms with Crippen LogP contribution in [-0.2, 0) is 0 Å². The smallest absolute Gasteiger partial charge is 0.0184 e. The van der Waals surface area contributed by atoms with Crippen LogP contribution in [0.5, 0.6) is 0 Å². The lowest BCUT2D eigenvalue weighted by molar-refractivity contribution is 0.0734. The van der Waals surface area contributed by atoms with Crippen LogP contribution in [-0.4, -0.2) is 12.1 Å². The van der Waals surface area contributed by atoms with Crippen molar-refractivity contribution in [3.05, 3.63) is 0 Å². The monoisotopic (exact) mass is 167 g/mol. The number of piperidine rings is 1. The molecular weight excluding hydrogens is 146 g/mol. The summed E-state index contributed by atoms with van der Waals surface area (Å²) < 4.78 is 0. The summed E-state index contributed by atoms with van der Waals surface area (Å²) in [7, 11) is 0. The highest BCUT2D eigenvalue weighted by molar-refractivity contribution is 4.98. The minimum absolute atomic E-state index is 0.496. The summed E-state index contributed by atoms with van der Waals surface area (Å²) in [4.78, 5) is 0. The van der Waals surface area contributed by atoms with Crippen molar-refractivity contribution < 1.29 is 0 Å². The van der Waals surface area contributed by atoms with Gasteiger partial charge in [0.2, 0.25) is 0 Å². The van der Waals surface area contributed by atoms with Gasteiger partial charge in [-0.1, -0.05) is 19.8 Å². The molecule has 0 bridgehead atoms. The van der Waals surface area contributed by atoms with Gasteiger partial charge in [0.25, 0.3) is 0 Å². The molecule has 0 aromatic heterocycles. The van der Waals surface area contributed by atoms with Crippen LogP contribution in [0, 0.1) is 11.8 Å². The predicted molar refractivity (Wildman–Crippen MR) is 52.1 cm³/mol. The fourth-order valence-electron chi connectivity index (χ4n) is 3.28. The van der Waals surface area contributed by atoms with E-state index in [0.717, 1.165) is 11.8 Å². The SMILES string of the molecule is CC1CCNC2(C)CCCCC12. The molecule has 0 spiro atoms. The van der Waals surface area contributed by atoms with E-state index in [9.17, 15) is 0 Å². The number of hydrogen-bond acceptors (Lipinski definition) is 1. The summed E-state index contributed by atoms with van der Waals surface area (Å²) in [6.45, 7) is 6.12. The first kappa shape index (κ1) is 8.55. The summed E-state index contributed by atoms with van der Waals surface area (Å²) in [5.74, 6) is 1.91. The van der Waals surface area contributed by atoms with Crippen molar-refractivity contribution in [2.75, 3.05) is 6.54 Å². The van der Waals surface area contributed by atoms with Gasteiger partial charge in [-0.05, 0) is 44.6 Å². The minimum atomic E-state index is 0.496. The molecule has 1 N–H and O–H groups in total. The fraction of sp³-hybridized carbons (Fsp3) is 1.00. The van der Waals surface area contributed by atoms with Crippen LogP contribution in [0.25, 0.3) is 0 Å². The zero-order valence-electron chi connectivity index (χ0n) is 8.40. The standard InChI is InChI=1S/C11H21N/c1-9-6-8-12-11(2)7-4-3-5-10(9)11/h9-10,12H,3-8H2,1-2H3. The van der Waals surface area contributed by atoms with Crippen LogP contribution >= 0.6 is 0 Å². The van der Waals surface area contributed by atoms with Gasteiger partial charge in [0, 0.05) is 5.54 Å². The molecule has 1 heterocycles. The van der Waals surface area contributed by atoms with Gasteiger partial charge in [0.15, 0.2) is 0 Å². The molecule has 2 fully saturated rings. The van der Waals surface area contributed by atoms with E-state index in [4.69, 9.17) is 0 Å². The maximum Gasteiger partial charge on any atom is 0.0184 e. The van der Waals surface area contributed by atoms with Crippen molar-refractivity contribution in [1.29, 1.82) is 0 Å². The Hall–Kier alpha value is -0.0400. The fourth-order valence-corrected chi connectivity index (χ4v) is 3.28. The van der Waals surface area contributed by atoms with E-state index in [1.807, 2.05) is 0 Å². The van der Waals surface area contributed by atoms with E-state index in [1.54, 1.807) is 0 Å². The summed E-state index contributed by atoms with van der Waals surface area (Å²) in [6, 6.07) is 0. The third kappa shape index (κ3) is 1.28. The third-order valence-electron chi connectivity index (χ3n) is 4.10. The quantitative estimate of drug-likeness (QED) is 0.584. The molecule has 1 saturated heterocycles. The van der Waals surface area contributed by atoms with Crippen molar-refractivity contribution >= 4 is 0 Å². The summed E-state index contributed by atoms with van der Waals surface area (Å²) in [5.41, 5.74) is 0.496. The van der Waals surface area contributed by atoms with Gasteiger partial charge in [-0.15, -0.1) is 0 Å². The Morgan fingerprint density at radius 2 is 2.08 bits per heavy atom. The molecule has 0 aromatic carbocycles. The number of nitrogens with one attached hydrogen (secondary N) is 1. The first-order valence-electron chi connectivity index (χ1n) is 5.47. The van der Waals surface area contributed by atoms with Crippen molar-refractivity contribution in [2.24, 2.45) is 11.8 Å². The Balaban J connectivity index is 2.12. The molecule has 3 unspecified atom stereocenters. The van der Waals surface area contributed by atoms with Crippen molar-refractivity contribution in [2.45, 2.75) is 51.5 Å². The molecule has 0 aromatic rings. The average Bonchev–Trinajstić information content (AvgIpc) is 2.04. The molecule has 1 heteroatoms. The van der Waals surface area contributed by atoms with E-state index in [1.165, 1.54) is 38.6 Å². The first-order chi connectivity index (χ1) is 5.72. The highest BCUT2D eigenvalue weighted by Gasteiger charge is 2.41. The summed E-state index contributed by atoms with van der Waals surface area (Å²) in [6.07, 6.45) is 7.16. The lowest BCUT2D eigenvalue weighted by Crippen LogP contribution is -2.56. The van der Waals surface area contributed by atoms with Gasteiger partial charge in [0.05, 0.1) is 0 Å². The largest absolute Gasteiger partial charge is 0.311 e. The van der Waals surface area contributed by atoms with Crippen LogP contribution in [0.4, 0.5) is 0 Å². The molecule has 2 aliphatic rings. The molecule has 0 radical (unpaired) electrons. The zero-order chi connectivity index (χ0) is 8.60. The molecule has 1 nitrogen and oxygen atoms in total. The first-order valence-corrected chi connectivity index (χ1v) is 5.47. The Morgan fingerprint density at radius 3 is 2.83 bits per heavy atom. The zero-order valence-corrected chi connectivity index (χ0v) is 8.40. The number of fused-ring (bicyclic) bond motifs is 1.